The molecule has 0 saturated heterocycles. The standard InChI is InChI=1S/C19H40O2Si/c1-7-8-9-10-11-12-13-14-15-18(16-17-20)21-22(5,6)19(2,3)4/h17-18H,7-16H2,1-6H3/t18-/m1/s1. The van der Waals surface area contributed by atoms with Gasteiger partial charge in [0.1, 0.15) is 6.29 Å². The minimum atomic E-state index is -1.75. The molecule has 132 valence electrons. The van der Waals surface area contributed by atoms with E-state index < -0.39 is 8.32 Å². The maximum atomic E-state index is 10.9. The molecule has 0 aromatic heterocycles. The van der Waals surface area contributed by atoms with E-state index in [-0.39, 0.29) is 11.1 Å². The van der Waals surface area contributed by atoms with E-state index in [1.54, 1.807) is 0 Å². The van der Waals surface area contributed by atoms with Crippen LogP contribution in [0.15, 0.2) is 0 Å². The van der Waals surface area contributed by atoms with Crippen LogP contribution in [0.25, 0.3) is 0 Å². The third-order valence-corrected chi connectivity index (χ3v) is 9.54. The fraction of sp³-hybridized carbons (Fsp3) is 0.947. The quantitative estimate of drug-likeness (QED) is 0.219. The second-order valence-corrected chi connectivity index (χ2v) is 12.9. The number of unbranched alkanes of at least 4 members (excludes halogenated alkanes) is 7. The van der Waals surface area contributed by atoms with Crippen LogP contribution in [-0.2, 0) is 9.22 Å². The predicted molar refractivity (Wildman–Crippen MR) is 100.0 cm³/mol. The summed E-state index contributed by atoms with van der Waals surface area (Å²) in [6.45, 7) is 13.6. The lowest BCUT2D eigenvalue weighted by atomic mass is 10.0. The van der Waals surface area contributed by atoms with Crippen LogP contribution in [-0.4, -0.2) is 20.7 Å². The Bertz CT molecular complexity index is 282. The third kappa shape index (κ3) is 9.78. The summed E-state index contributed by atoms with van der Waals surface area (Å²) >= 11 is 0. The Morgan fingerprint density at radius 1 is 0.955 bits per heavy atom. The molecule has 2 nitrogen and oxygen atoms in total. The van der Waals surface area contributed by atoms with Gasteiger partial charge in [0.25, 0.3) is 0 Å². The van der Waals surface area contributed by atoms with Crippen LogP contribution in [0.4, 0.5) is 0 Å². The van der Waals surface area contributed by atoms with Gasteiger partial charge >= 0.3 is 0 Å². The first-order chi connectivity index (χ1) is 10.2. The summed E-state index contributed by atoms with van der Waals surface area (Å²) in [5, 5.41) is 0.216. The monoisotopic (exact) mass is 328 g/mol. The van der Waals surface area contributed by atoms with Crippen LogP contribution >= 0.6 is 0 Å². The predicted octanol–water partition coefficient (Wildman–Crippen LogP) is 6.50. The Balaban J connectivity index is 3.98. The molecular formula is C19H40O2Si. The van der Waals surface area contributed by atoms with Gasteiger partial charge in [-0.2, -0.15) is 0 Å². The molecule has 22 heavy (non-hydrogen) atoms. The summed E-state index contributed by atoms with van der Waals surface area (Å²) in [4.78, 5) is 10.9. The van der Waals surface area contributed by atoms with Crippen molar-refractivity contribution in [1.82, 2.24) is 0 Å². The van der Waals surface area contributed by atoms with E-state index in [0.717, 1.165) is 12.7 Å². The molecule has 0 N–H and O–H groups in total. The molecule has 0 heterocycles. The number of aldehydes is 1. The largest absolute Gasteiger partial charge is 0.414 e. The highest BCUT2D eigenvalue weighted by Crippen LogP contribution is 2.38. The normalized spacial score (nSPS) is 14.1. The molecule has 0 radical (unpaired) electrons. The van der Waals surface area contributed by atoms with E-state index in [4.69, 9.17) is 4.43 Å². The second kappa shape index (κ2) is 11.4. The third-order valence-electron chi connectivity index (χ3n) is 5.01. The maximum absolute atomic E-state index is 10.9. The molecule has 0 amide bonds. The smallest absolute Gasteiger partial charge is 0.192 e. The Hall–Kier alpha value is -0.153. The molecule has 1 atom stereocenters. The lowest BCUT2D eigenvalue weighted by molar-refractivity contribution is -0.109. The van der Waals surface area contributed by atoms with Crippen LogP contribution in [0, 0.1) is 0 Å². The molecule has 0 rings (SSSR count). The summed E-state index contributed by atoms with van der Waals surface area (Å²) in [6, 6.07) is 0. The summed E-state index contributed by atoms with van der Waals surface area (Å²) in [7, 11) is -1.75. The van der Waals surface area contributed by atoms with Crippen LogP contribution < -0.4 is 0 Å². The summed E-state index contributed by atoms with van der Waals surface area (Å²) < 4.78 is 6.41. The van der Waals surface area contributed by atoms with Gasteiger partial charge in [0.2, 0.25) is 0 Å². The average Bonchev–Trinajstić information content (AvgIpc) is 2.40. The lowest BCUT2D eigenvalue weighted by Crippen LogP contribution is -2.44. The van der Waals surface area contributed by atoms with E-state index in [1.807, 2.05) is 0 Å². The van der Waals surface area contributed by atoms with Crippen molar-refractivity contribution in [2.75, 3.05) is 0 Å². The first-order valence-electron chi connectivity index (χ1n) is 9.36. The van der Waals surface area contributed by atoms with E-state index in [0.29, 0.717) is 6.42 Å². The zero-order valence-electron chi connectivity index (χ0n) is 16.0. The molecule has 0 fully saturated rings. The zero-order chi connectivity index (χ0) is 17.1. The van der Waals surface area contributed by atoms with E-state index in [2.05, 4.69) is 40.8 Å². The molecule has 3 heteroatoms. The second-order valence-electron chi connectivity index (χ2n) is 8.17. The number of hydrogen-bond donors (Lipinski definition) is 0. The van der Waals surface area contributed by atoms with Crippen LogP contribution in [0.5, 0.6) is 0 Å². The summed E-state index contributed by atoms with van der Waals surface area (Å²) in [5.41, 5.74) is 0. The minimum Gasteiger partial charge on any atom is -0.414 e. The van der Waals surface area contributed by atoms with Crippen molar-refractivity contribution in [2.45, 2.75) is 116 Å². The van der Waals surface area contributed by atoms with Crippen LogP contribution in [0.3, 0.4) is 0 Å². The highest BCUT2D eigenvalue weighted by atomic mass is 28.4. The van der Waals surface area contributed by atoms with Crippen molar-refractivity contribution in [1.29, 1.82) is 0 Å². The van der Waals surface area contributed by atoms with Crippen molar-refractivity contribution < 1.29 is 9.22 Å². The topological polar surface area (TPSA) is 26.3 Å². The number of hydrogen-bond acceptors (Lipinski definition) is 2. The van der Waals surface area contributed by atoms with Gasteiger partial charge < -0.3 is 9.22 Å². The van der Waals surface area contributed by atoms with Gasteiger partial charge in [-0.15, -0.1) is 0 Å². The van der Waals surface area contributed by atoms with Gasteiger partial charge in [-0.3, -0.25) is 0 Å². The molecule has 0 aromatic rings. The van der Waals surface area contributed by atoms with Gasteiger partial charge in [-0.25, -0.2) is 0 Å². The lowest BCUT2D eigenvalue weighted by Gasteiger charge is -2.39. The van der Waals surface area contributed by atoms with Crippen molar-refractivity contribution in [3.8, 4) is 0 Å². The van der Waals surface area contributed by atoms with Crippen LogP contribution in [0.2, 0.25) is 18.1 Å². The minimum absolute atomic E-state index is 0.137. The number of rotatable bonds is 13. The first-order valence-corrected chi connectivity index (χ1v) is 12.3. The van der Waals surface area contributed by atoms with Crippen LogP contribution in [0.1, 0.15) is 91.9 Å². The fourth-order valence-electron chi connectivity index (χ4n) is 2.43. The molecule has 0 bridgehead atoms. The molecular weight excluding hydrogens is 288 g/mol. The average molecular weight is 329 g/mol. The molecule has 0 spiro atoms. The van der Waals surface area contributed by atoms with Gasteiger partial charge in [-0.1, -0.05) is 79.1 Å². The zero-order valence-corrected chi connectivity index (χ0v) is 17.0. The highest BCUT2D eigenvalue weighted by molar-refractivity contribution is 6.74. The van der Waals surface area contributed by atoms with Crippen molar-refractivity contribution in [2.24, 2.45) is 0 Å². The molecule has 0 unspecified atom stereocenters. The maximum Gasteiger partial charge on any atom is 0.192 e. The first kappa shape index (κ1) is 21.8. The Kier molecular flexibility index (Phi) is 11.3. The van der Waals surface area contributed by atoms with E-state index >= 15 is 0 Å². The summed E-state index contributed by atoms with van der Waals surface area (Å²) in [6.07, 6.45) is 13.4. The van der Waals surface area contributed by atoms with Crippen molar-refractivity contribution in [3.05, 3.63) is 0 Å². The van der Waals surface area contributed by atoms with Gasteiger partial charge in [0.15, 0.2) is 8.32 Å². The SMILES string of the molecule is CCCCCCCCCC[C@H](CC=O)O[Si](C)(C)C(C)(C)C. The van der Waals surface area contributed by atoms with Gasteiger partial charge in [-0.05, 0) is 24.6 Å². The van der Waals surface area contributed by atoms with Gasteiger partial charge in [0, 0.05) is 6.42 Å². The molecule has 0 aliphatic rings. The number of carbonyl (C=O) groups excluding carboxylic acids is 1. The Morgan fingerprint density at radius 3 is 1.91 bits per heavy atom. The highest BCUT2D eigenvalue weighted by Gasteiger charge is 2.38. The van der Waals surface area contributed by atoms with Gasteiger partial charge in [0.05, 0.1) is 6.10 Å². The summed E-state index contributed by atoms with van der Waals surface area (Å²) in [5.74, 6) is 0. The van der Waals surface area contributed by atoms with E-state index in [9.17, 15) is 4.79 Å². The molecule has 0 aromatic carbocycles. The Labute approximate surface area is 140 Å². The molecule has 0 aliphatic heterocycles. The Morgan fingerprint density at radius 2 is 1.45 bits per heavy atom. The van der Waals surface area contributed by atoms with Crippen molar-refractivity contribution in [3.63, 3.8) is 0 Å². The molecule has 0 aliphatic carbocycles. The fourth-order valence-corrected chi connectivity index (χ4v) is 3.83. The molecule has 0 saturated carbocycles. The number of carbonyl (C=O) groups is 1. The van der Waals surface area contributed by atoms with E-state index in [1.165, 1.54) is 51.4 Å². The van der Waals surface area contributed by atoms with Crippen molar-refractivity contribution >= 4 is 14.6 Å².